The predicted octanol–water partition coefficient (Wildman–Crippen LogP) is 5.29. The second-order valence-corrected chi connectivity index (χ2v) is 8.54. The molecule has 2 heterocycles. The molecule has 164 valence electrons. The molecule has 1 fully saturated rings. The molecule has 4 rings (SSSR count). The lowest BCUT2D eigenvalue weighted by molar-refractivity contribution is 0.139. The van der Waals surface area contributed by atoms with E-state index in [4.69, 9.17) is 27.9 Å². The average Bonchev–Trinajstić information content (AvgIpc) is 3.27. The Labute approximate surface area is 198 Å². The second-order valence-electron chi connectivity index (χ2n) is 7.70. The maximum Gasteiger partial charge on any atom is 0.132 e. The van der Waals surface area contributed by atoms with Gasteiger partial charge in [-0.1, -0.05) is 41.3 Å². The van der Waals surface area contributed by atoms with E-state index < -0.39 is 0 Å². The van der Waals surface area contributed by atoms with Crippen molar-refractivity contribution in [3.63, 3.8) is 0 Å². The van der Waals surface area contributed by atoms with Gasteiger partial charge in [0.1, 0.15) is 18.1 Å². The van der Waals surface area contributed by atoms with Gasteiger partial charge in [0.15, 0.2) is 0 Å². The van der Waals surface area contributed by atoms with E-state index in [1.165, 1.54) is 0 Å². The summed E-state index contributed by atoms with van der Waals surface area (Å²) in [5.74, 6) is 6.95. The van der Waals surface area contributed by atoms with Gasteiger partial charge < -0.3 is 9.84 Å². The molecule has 0 spiro atoms. The third kappa shape index (κ3) is 5.82. The molecule has 3 aromatic rings. The minimum Gasteiger partial charge on any atom is -0.492 e. The number of aliphatic hydroxyl groups is 1. The first-order valence-corrected chi connectivity index (χ1v) is 11.4. The quantitative estimate of drug-likeness (QED) is 0.501. The molecule has 1 saturated heterocycles. The molecule has 4 nitrogen and oxygen atoms in total. The zero-order valence-electron chi connectivity index (χ0n) is 17.6. The minimum absolute atomic E-state index is 0.218. The Hall–Kier alpha value is -2.55. The number of rotatable bonds is 6. The first-order valence-electron chi connectivity index (χ1n) is 10.6. The number of aliphatic hydroxyl groups excluding tert-OH is 1. The van der Waals surface area contributed by atoms with Crippen LogP contribution < -0.4 is 4.74 Å². The smallest absolute Gasteiger partial charge is 0.132 e. The van der Waals surface area contributed by atoms with E-state index >= 15 is 0 Å². The highest BCUT2D eigenvalue weighted by molar-refractivity contribution is 6.32. The lowest BCUT2D eigenvalue weighted by atomic mass is 10.1. The van der Waals surface area contributed by atoms with Gasteiger partial charge in [-0.2, -0.15) is 0 Å². The number of hydrogen-bond donors (Lipinski definition) is 1. The zero-order chi connectivity index (χ0) is 22.3. The van der Waals surface area contributed by atoms with Crippen molar-refractivity contribution in [2.45, 2.75) is 18.9 Å². The van der Waals surface area contributed by atoms with Crippen LogP contribution >= 0.6 is 23.2 Å². The maximum atomic E-state index is 9.40. The molecule has 0 aliphatic carbocycles. The minimum atomic E-state index is 0.218. The van der Waals surface area contributed by atoms with Gasteiger partial charge in [0, 0.05) is 34.9 Å². The molecule has 1 N–H and O–H groups in total. The van der Waals surface area contributed by atoms with E-state index in [-0.39, 0.29) is 12.6 Å². The van der Waals surface area contributed by atoms with Crippen LogP contribution in [0.25, 0.3) is 11.1 Å². The summed E-state index contributed by atoms with van der Waals surface area (Å²) < 4.78 is 5.85. The van der Waals surface area contributed by atoms with Gasteiger partial charge in [-0.25, -0.2) is 4.98 Å². The van der Waals surface area contributed by atoms with Crippen molar-refractivity contribution in [2.24, 2.45) is 0 Å². The number of pyridine rings is 1. The standard InChI is InChI=1S/C26H24Cl2N2O2/c27-22-8-6-20(7-9-22)21-16-25(28)26(29-17-21)12-5-19-3-10-24(11-4-19)32-15-14-30-13-1-2-23(30)18-31/h3-4,6-11,16-17,23,31H,1-2,13-15,18H2. The molecule has 0 bridgehead atoms. The summed E-state index contributed by atoms with van der Waals surface area (Å²) in [7, 11) is 0. The van der Waals surface area contributed by atoms with E-state index in [1.807, 2.05) is 54.6 Å². The summed E-state index contributed by atoms with van der Waals surface area (Å²) in [5, 5.41) is 10.6. The van der Waals surface area contributed by atoms with Gasteiger partial charge in [-0.15, -0.1) is 0 Å². The maximum absolute atomic E-state index is 9.40. The van der Waals surface area contributed by atoms with Crippen LogP contribution in [0.2, 0.25) is 10.0 Å². The Morgan fingerprint density at radius 3 is 2.53 bits per heavy atom. The van der Waals surface area contributed by atoms with Crippen molar-refractivity contribution in [2.75, 3.05) is 26.3 Å². The van der Waals surface area contributed by atoms with Crippen LogP contribution in [0.1, 0.15) is 24.1 Å². The molecular formula is C26H24Cl2N2O2. The molecule has 1 aromatic heterocycles. The monoisotopic (exact) mass is 466 g/mol. The van der Waals surface area contributed by atoms with Crippen LogP contribution in [0.4, 0.5) is 0 Å². The third-order valence-electron chi connectivity index (χ3n) is 5.56. The Morgan fingerprint density at radius 2 is 1.81 bits per heavy atom. The summed E-state index contributed by atoms with van der Waals surface area (Å²) in [6.45, 7) is 2.67. The van der Waals surface area contributed by atoms with Gasteiger partial charge in [-0.05, 0) is 73.3 Å². The van der Waals surface area contributed by atoms with E-state index in [9.17, 15) is 5.11 Å². The summed E-state index contributed by atoms with van der Waals surface area (Å²) in [6.07, 6.45) is 3.96. The Kier molecular flexibility index (Phi) is 7.68. The van der Waals surface area contributed by atoms with Crippen LogP contribution in [0, 0.1) is 11.8 Å². The highest BCUT2D eigenvalue weighted by Crippen LogP contribution is 2.25. The zero-order valence-corrected chi connectivity index (χ0v) is 19.1. The summed E-state index contributed by atoms with van der Waals surface area (Å²) >= 11 is 12.4. The van der Waals surface area contributed by atoms with E-state index in [2.05, 4.69) is 21.7 Å². The van der Waals surface area contributed by atoms with E-state index in [1.54, 1.807) is 6.20 Å². The van der Waals surface area contributed by atoms with Crippen molar-refractivity contribution < 1.29 is 9.84 Å². The van der Waals surface area contributed by atoms with Gasteiger partial charge in [-0.3, -0.25) is 4.90 Å². The molecule has 32 heavy (non-hydrogen) atoms. The second kappa shape index (κ2) is 10.8. The predicted molar refractivity (Wildman–Crippen MR) is 129 cm³/mol. The lowest BCUT2D eigenvalue weighted by Crippen LogP contribution is -2.35. The fraction of sp³-hybridized carbons (Fsp3) is 0.269. The SMILES string of the molecule is OCC1CCCN1CCOc1ccc(C#Cc2ncc(-c3ccc(Cl)cc3)cc2Cl)cc1. The van der Waals surface area contributed by atoms with Crippen LogP contribution in [-0.4, -0.2) is 47.3 Å². The van der Waals surface area contributed by atoms with Gasteiger partial charge in [0.05, 0.1) is 11.6 Å². The number of ether oxygens (including phenoxy) is 1. The first kappa shape index (κ1) is 22.6. The Morgan fingerprint density at radius 1 is 1.03 bits per heavy atom. The summed E-state index contributed by atoms with van der Waals surface area (Å²) in [4.78, 5) is 6.70. The Balaban J connectivity index is 1.35. The van der Waals surface area contributed by atoms with Crippen LogP contribution in [-0.2, 0) is 0 Å². The molecule has 0 saturated carbocycles. The molecule has 2 aromatic carbocycles. The first-order chi connectivity index (χ1) is 15.6. The van der Waals surface area contributed by atoms with Gasteiger partial charge >= 0.3 is 0 Å². The van der Waals surface area contributed by atoms with E-state index in [0.717, 1.165) is 48.4 Å². The molecule has 1 unspecified atom stereocenters. The van der Waals surface area contributed by atoms with Crippen molar-refractivity contribution in [3.05, 3.63) is 82.1 Å². The summed E-state index contributed by atoms with van der Waals surface area (Å²) in [6, 6.07) is 17.3. The lowest BCUT2D eigenvalue weighted by Gasteiger charge is -2.22. The molecule has 0 radical (unpaired) electrons. The van der Waals surface area contributed by atoms with E-state index in [0.29, 0.717) is 22.3 Å². The molecular weight excluding hydrogens is 443 g/mol. The summed E-state index contributed by atoms with van der Waals surface area (Å²) in [5.41, 5.74) is 3.30. The molecule has 0 amide bonds. The number of likely N-dealkylation sites (tertiary alicyclic amines) is 1. The number of aromatic nitrogens is 1. The fourth-order valence-electron chi connectivity index (χ4n) is 3.77. The molecule has 6 heteroatoms. The number of nitrogens with zero attached hydrogens (tertiary/aromatic N) is 2. The molecule has 1 aliphatic heterocycles. The molecule has 1 atom stereocenters. The highest BCUT2D eigenvalue weighted by atomic mass is 35.5. The number of hydrogen-bond acceptors (Lipinski definition) is 4. The van der Waals surface area contributed by atoms with Crippen molar-refractivity contribution in [1.82, 2.24) is 9.88 Å². The van der Waals surface area contributed by atoms with Gasteiger partial charge in [0.2, 0.25) is 0 Å². The van der Waals surface area contributed by atoms with Crippen molar-refractivity contribution >= 4 is 23.2 Å². The van der Waals surface area contributed by atoms with Gasteiger partial charge in [0.25, 0.3) is 0 Å². The molecule has 1 aliphatic rings. The van der Waals surface area contributed by atoms with Crippen LogP contribution in [0.5, 0.6) is 5.75 Å². The fourth-order valence-corrected chi connectivity index (χ4v) is 4.11. The van der Waals surface area contributed by atoms with Crippen molar-refractivity contribution in [1.29, 1.82) is 0 Å². The van der Waals surface area contributed by atoms with Crippen LogP contribution in [0.3, 0.4) is 0 Å². The third-order valence-corrected chi connectivity index (χ3v) is 6.10. The van der Waals surface area contributed by atoms with Crippen LogP contribution in [0.15, 0.2) is 60.8 Å². The normalized spacial score (nSPS) is 15.9. The number of halogens is 2. The topological polar surface area (TPSA) is 45.6 Å². The van der Waals surface area contributed by atoms with Crippen molar-refractivity contribution in [3.8, 4) is 28.7 Å². The largest absolute Gasteiger partial charge is 0.492 e. The average molecular weight is 467 g/mol. The highest BCUT2D eigenvalue weighted by Gasteiger charge is 2.22. The number of benzene rings is 2. The Bertz CT molecular complexity index is 1110.